The van der Waals surface area contributed by atoms with E-state index in [1.165, 1.54) is 6.07 Å². The number of nitrogens with two attached hydrogens (primary N) is 1. The molecule has 1 rings (SSSR count). The van der Waals surface area contributed by atoms with E-state index in [1.807, 2.05) is 20.8 Å². The second-order valence-electron chi connectivity index (χ2n) is 7.64. The summed E-state index contributed by atoms with van der Waals surface area (Å²) < 4.78 is 27.6. The van der Waals surface area contributed by atoms with E-state index in [2.05, 4.69) is 27.4 Å². The first-order valence-corrected chi connectivity index (χ1v) is 7.05. The maximum Gasteiger partial charge on any atom is 0.149 e. The van der Waals surface area contributed by atoms with Crippen LogP contribution in [0, 0.1) is 17.0 Å². The van der Waals surface area contributed by atoms with Gasteiger partial charge in [0.1, 0.15) is 11.6 Å². The lowest BCUT2D eigenvalue weighted by atomic mass is 9.89. The Balaban J connectivity index is 3.34. The van der Waals surface area contributed by atoms with Crippen molar-refractivity contribution in [2.75, 3.05) is 10.6 Å². The largest absolute Gasteiger partial charge is 0.396 e. The Hall–Kier alpha value is -1.58. The quantitative estimate of drug-likeness (QED) is 0.786. The van der Waals surface area contributed by atoms with E-state index in [-0.39, 0.29) is 16.8 Å². The molecule has 0 heterocycles. The van der Waals surface area contributed by atoms with Gasteiger partial charge in [-0.05, 0) is 38.7 Å². The minimum Gasteiger partial charge on any atom is -0.396 e. The molecule has 1 aromatic rings. The van der Waals surface area contributed by atoms with Crippen LogP contribution in [0.3, 0.4) is 0 Å². The molecule has 0 spiro atoms. The lowest BCUT2D eigenvalue weighted by Crippen LogP contribution is -2.42. The van der Waals surface area contributed by atoms with Gasteiger partial charge in [0.25, 0.3) is 0 Å². The van der Waals surface area contributed by atoms with Crippen molar-refractivity contribution in [1.82, 2.24) is 0 Å². The van der Waals surface area contributed by atoms with Crippen LogP contribution in [0.1, 0.15) is 48.0 Å². The molecule has 21 heavy (non-hydrogen) atoms. The second kappa shape index (κ2) is 5.66. The Bertz CT molecular complexity index is 537. The van der Waals surface area contributed by atoms with Crippen molar-refractivity contribution in [2.45, 2.75) is 53.5 Å². The molecule has 0 aromatic heterocycles. The topological polar surface area (TPSA) is 29.3 Å². The van der Waals surface area contributed by atoms with Crippen molar-refractivity contribution in [2.24, 2.45) is 5.41 Å². The standard InChI is InChI=1S/C17H26F2N2/c1-11(10-16(2,3)4)21(17(5,6)7)15-9-14(20)12(18)8-13(15)19/h8-9H,1,10,20H2,2-7H3. The van der Waals surface area contributed by atoms with Gasteiger partial charge in [0.2, 0.25) is 0 Å². The first kappa shape index (κ1) is 17.5. The molecule has 0 saturated carbocycles. The SMILES string of the molecule is C=C(CC(C)(C)C)N(c1cc(N)c(F)cc1F)C(C)(C)C. The molecular formula is C17H26F2N2. The Kier molecular flexibility index (Phi) is 4.71. The molecular weight excluding hydrogens is 270 g/mol. The number of benzene rings is 1. The first-order valence-electron chi connectivity index (χ1n) is 7.05. The van der Waals surface area contributed by atoms with Crippen molar-refractivity contribution < 1.29 is 8.78 Å². The predicted octanol–water partition coefficient (Wildman–Crippen LogP) is 5.10. The maximum atomic E-state index is 14.2. The molecule has 2 N–H and O–H groups in total. The van der Waals surface area contributed by atoms with Crippen LogP contribution in [0.25, 0.3) is 0 Å². The van der Waals surface area contributed by atoms with Gasteiger partial charge in [-0.15, -0.1) is 0 Å². The summed E-state index contributed by atoms with van der Waals surface area (Å²) in [5.74, 6) is -1.38. The van der Waals surface area contributed by atoms with E-state index in [1.54, 1.807) is 4.90 Å². The monoisotopic (exact) mass is 296 g/mol. The highest BCUT2D eigenvalue weighted by molar-refractivity contribution is 5.62. The Labute approximate surface area is 126 Å². The summed E-state index contributed by atoms with van der Waals surface area (Å²) in [6.07, 6.45) is 0.695. The number of hydrogen-bond acceptors (Lipinski definition) is 2. The second-order valence-corrected chi connectivity index (χ2v) is 7.64. The number of halogens is 2. The number of hydrogen-bond donors (Lipinski definition) is 1. The van der Waals surface area contributed by atoms with Gasteiger partial charge in [0.15, 0.2) is 0 Å². The summed E-state index contributed by atoms with van der Waals surface area (Å²) in [4.78, 5) is 1.80. The van der Waals surface area contributed by atoms with Crippen LogP contribution in [-0.4, -0.2) is 5.54 Å². The van der Waals surface area contributed by atoms with E-state index < -0.39 is 17.2 Å². The number of nitrogen functional groups attached to an aromatic ring is 1. The van der Waals surface area contributed by atoms with Crippen LogP contribution >= 0.6 is 0 Å². The lowest BCUT2D eigenvalue weighted by Gasteiger charge is -2.41. The zero-order valence-electron chi connectivity index (χ0n) is 13.8. The smallest absolute Gasteiger partial charge is 0.149 e. The van der Waals surface area contributed by atoms with Crippen LogP contribution < -0.4 is 10.6 Å². The van der Waals surface area contributed by atoms with Crippen molar-refractivity contribution in [3.8, 4) is 0 Å². The molecule has 0 aliphatic rings. The van der Waals surface area contributed by atoms with Gasteiger partial charge in [-0.25, -0.2) is 8.78 Å². The molecule has 0 radical (unpaired) electrons. The fourth-order valence-electron chi connectivity index (χ4n) is 2.42. The number of allylic oxidation sites excluding steroid dienone is 1. The predicted molar refractivity (Wildman–Crippen MR) is 86.2 cm³/mol. The normalized spacial score (nSPS) is 12.4. The van der Waals surface area contributed by atoms with Gasteiger partial charge in [-0.1, -0.05) is 27.4 Å². The highest BCUT2D eigenvalue weighted by Crippen LogP contribution is 2.36. The van der Waals surface area contributed by atoms with Crippen LogP contribution in [0.15, 0.2) is 24.4 Å². The summed E-state index contributed by atoms with van der Waals surface area (Å²) in [5, 5.41) is 0. The molecule has 0 unspecified atom stereocenters. The molecule has 0 fully saturated rings. The highest BCUT2D eigenvalue weighted by Gasteiger charge is 2.29. The van der Waals surface area contributed by atoms with Crippen LogP contribution in [0.5, 0.6) is 0 Å². The Morgan fingerprint density at radius 2 is 1.62 bits per heavy atom. The summed E-state index contributed by atoms with van der Waals surface area (Å²) in [6.45, 7) is 16.3. The van der Waals surface area contributed by atoms with E-state index >= 15 is 0 Å². The molecule has 4 heteroatoms. The summed E-state index contributed by atoms with van der Waals surface area (Å²) in [6, 6.07) is 2.16. The van der Waals surface area contributed by atoms with Gasteiger partial charge in [-0.3, -0.25) is 0 Å². The van der Waals surface area contributed by atoms with Gasteiger partial charge < -0.3 is 10.6 Å². The van der Waals surface area contributed by atoms with Gasteiger partial charge in [0.05, 0.1) is 11.4 Å². The fraction of sp³-hybridized carbons (Fsp3) is 0.529. The molecule has 0 aliphatic carbocycles. The van der Waals surface area contributed by atoms with Crippen molar-refractivity contribution in [3.63, 3.8) is 0 Å². The summed E-state index contributed by atoms with van der Waals surface area (Å²) in [7, 11) is 0. The van der Waals surface area contributed by atoms with E-state index in [4.69, 9.17) is 5.73 Å². The summed E-state index contributed by atoms with van der Waals surface area (Å²) >= 11 is 0. The minimum atomic E-state index is -0.744. The molecule has 0 bridgehead atoms. The number of anilines is 2. The minimum absolute atomic E-state index is 0.0165. The Morgan fingerprint density at radius 1 is 1.10 bits per heavy atom. The molecule has 2 nitrogen and oxygen atoms in total. The van der Waals surface area contributed by atoms with Gasteiger partial charge in [-0.2, -0.15) is 0 Å². The van der Waals surface area contributed by atoms with Crippen molar-refractivity contribution >= 4 is 11.4 Å². The Morgan fingerprint density at radius 3 is 2.05 bits per heavy atom. The van der Waals surface area contributed by atoms with Crippen molar-refractivity contribution in [3.05, 3.63) is 36.0 Å². The van der Waals surface area contributed by atoms with Crippen LogP contribution in [0.4, 0.5) is 20.2 Å². The van der Waals surface area contributed by atoms with Gasteiger partial charge in [0, 0.05) is 17.3 Å². The highest BCUT2D eigenvalue weighted by atomic mass is 19.1. The zero-order valence-corrected chi connectivity index (χ0v) is 13.8. The third-order valence-electron chi connectivity index (χ3n) is 3.03. The average Bonchev–Trinajstić information content (AvgIpc) is 2.21. The molecule has 0 amide bonds. The van der Waals surface area contributed by atoms with Crippen LogP contribution in [0.2, 0.25) is 0 Å². The fourth-order valence-corrected chi connectivity index (χ4v) is 2.42. The third-order valence-corrected chi connectivity index (χ3v) is 3.03. The van der Waals surface area contributed by atoms with E-state index in [0.29, 0.717) is 6.42 Å². The van der Waals surface area contributed by atoms with E-state index in [9.17, 15) is 8.78 Å². The van der Waals surface area contributed by atoms with Gasteiger partial charge >= 0.3 is 0 Å². The molecule has 0 saturated heterocycles. The van der Waals surface area contributed by atoms with E-state index in [0.717, 1.165) is 11.8 Å². The van der Waals surface area contributed by atoms with Crippen LogP contribution in [-0.2, 0) is 0 Å². The first-order chi connectivity index (χ1) is 9.33. The zero-order chi connectivity index (χ0) is 16.6. The molecule has 0 atom stereocenters. The molecule has 118 valence electrons. The summed E-state index contributed by atoms with van der Waals surface area (Å²) in [5.41, 5.74) is 6.19. The number of nitrogens with zero attached hydrogens (tertiary/aromatic N) is 1. The number of rotatable bonds is 3. The lowest BCUT2D eigenvalue weighted by molar-refractivity contribution is 0.391. The maximum absolute atomic E-state index is 14.2. The third kappa shape index (κ3) is 4.45. The molecule has 1 aromatic carbocycles. The molecule has 0 aliphatic heterocycles. The van der Waals surface area contributed by atoms with Crippen molar-refractivity contribution in [1.29, 1.82) is 0 Å². The average molecular weight is 296 g/mol.